The first kappa shape index (κ1) is 19.9. The summed E-state index contributed by atoms with van der Waals surface area (Å²) in [4.78, 5) is 12.1. The van der Waals surface area contributed by atoms with E-state index >= 15 is 0 Å². The van der Waals surface area contributed by atoms with Crippen molar-refractivity contribution in [2.75, 3.05) is 0 Å². The average Bonchev–Trinajstić information content (AvgIpc) is 2.36. The number of aromatic nitrogens is 1. The van der Waals surface area contributed by atoms with E-state index in [1.165, 1.54) is 6.07 Å². The topological polar surface area (TPSA) is 22.0 Å². The maximum atomic E-state index is 12.7. The summed E-state index contributed by atoms with van der Waals surface area (Å²) >= 11 is 8.51. The Labute approximate surface area is 176 Å². The third-order valence-corrected chi connectivity index (χ3v) is 4.48. The van der Waals surface area contributed by atoms with Gasteiger partial charge < -0.3 is 4.57 Å². The zero-order valence-corrected chi connectivity index (χ0v) is 18.6. The van der Waals surface area contributed by atoms with Crippen molar-refractivity contribution >= 4 is 54.5 Å². The number of benzene rings is 1. The molecule has 1 heterocycles. The van der Waals surface area contributed by atoms with Crippen LogP contribution in [0.15, 0.2) is 38.0 Å². The van der Waals surface area contributed by atoms with Crippen LogP contribution >= 0.6 is 54.5 Å². The fraction of sp³-hybridized carbons (Fsp3) is 0.154. The van der Waals surface area contributed by atoms with Gasteiger partial charge in [-0.2, -0.15) is 12.1 Å². The molecule has 0 amide bonds. The summed E-state index contributed by atoms with van der Waals surface area (Å²) < 4.78 is 28.4. The van der Waals surface area contributed by atoms with Crippen molar-refractivity contribution < 1.29 is 41.5 Å². The molecule has 0 aliphatic carbocycles. The molecule has 1 aromatic heterocycles. The maximum absolute atomic E-state index is 12.7. The summed E-state index contributed by atoms with van der Waals surface area (Å²) in [6, 6.07) is 9.73. The summed E-state index contributed by atoms with van der Waals surface area (Å²) in [7, 11) is 0. The Morgan fingerprint density at radius 3 is 2.57 bits per heavy atom. The molecule has 2 nitrogen and oxygen atoms in total. The molecule has 21 heavy (non-hydrogen) atoms. The van der Waals surface area contributed by atoms with Gasteiger partial charge in [-0.1, -0.05) is 49.2 Å². The molecule has 2 rings (SSSR count). The summed E-state index contributed by atoms with van der Waals surface area (Å²) in [5.74, 6) is 0. The first-order chi connectivity index (χ1) is 9.40. The molecule has 0 fully saturated rings. The van der Waals surface area contributed by atoms with Crippen molar-refractivity contribution in [1.29, 1.82) is 0 Å². The molecule has 1 radical (unpaired) electrons. The molecule has 2 aromatic rings. The fourth-order valence-electron chi connectivity index (χ4n) is 1.72. The number of pyridine rings is 1. The van der Waals surface area contributed by atoms with E-state index < -0.39 is 18.5 Å². The van der Waals surface area contributed by atoms with Crippen LogP contribution in [0.4, 0.5) is 8.78 Å². The quantitative estimate of drug-likeness (QED) is 0.367. The predicted molar refractivity (Wildman–Crippen MR) is 89.1 cm³/mol. The zero-order valence-electron chi connectivity index (χ0n) is 10.4. The van der Waals surface area contributed by atoms with Crippen molar-refractivity contribution in [1.82, 2.24) is 4.57 Å². The van der Waals surface area contributed by atoms with Crippen LogP contribution < -0.4 is 5.56 Å². The van der Waals surface area contributed by atoms with Crippen LogP contribution in [-0.2, 0) is 39.3 Å². The van der Waals surface area contributed by atoms with Gasteiger partial charge in [-0.05, 0) is 14.1 Å². The Hall–Kier alpha value is 0.824. The second kappa shape index (κ2) is 8.61. The van der Waals surface area contributed by atoms with E-state index in [4.69, 9.17) is 0 Å². The summed E-state index contributed by atoms with van der Waals surface area (Å²) in [6.45, 7) is -0.649. The molecule has 0 atom stereocenters. The zero-order chi connectivity index (χ0) is 14.9. The minimum absolute atomic E-state index is 0. The monoisotopic (exact) mass is 605 g/mol. The molecule has 0 spiro atoms. The van der Waals surface area contributed by atoms with Crippen molar-refractivity contribution in [2.45, 2.75) is 13.0 Å². The SMILES string of the molecule is O=c1c(I)c[c-]c(-c2ccc(Br)cc2Br)n1CC(F)F.[Y]. The number of nitrogens with zero attached hydrogens (tertiary/aromatic N) is 1. The predicted octanol–water partition coefficient (Wildman–Crippen LogP) is 4.71. The van der Waals surface area contributed by atoms with Gasteiger partial charge in [0.1, 0.15) is 0 Å². The summed E-state index contributed by atoms with van der Waals surface area (Å²) in [5.41, 5.74) is 0.548. The van der Waals surface area contributed by atoms with Crippen LogP contribution in [0.25, 0.3) is 11.3 Å². The van der Waals surface area contributed by atoms with Gasteiger partial charge in [-0.3, -0.25) is 4.79 Å². The van der Waals surface area contributed by atoms with Gasteiger partial charge in [0.05, 0.1) is 6.54 Å². The Morgan fingerprint density at radius 1 is 1.33 bits per heavy atom. The second-order valence-corrected chi connectivity index (χ2v) is 6.85. The molecule has 0 saturated heterocycles. The number of alkyl halides is 2. The van der Waals surface area contributed by atoms with E-state index in [2.05, 4.69) is 37.9 Å². The molecule has 0 aliphatic heterocycles. The van der Waals surface area contributed by atoms with Gasteiger partial charge in [-0.25, -0.2) is 8.78 Å². The van der Waals surface area contributed by atoms with Crippen LogP contribution in [0.2, 0.25) is 0 Å². The molecule has 8 heteroatoms. The van der Waals surface area contributed by atoms with Gasteiger partial charge >= 0.3 is 0 Å². The van der Waals surface area contributed by atoms with Crippen LogP contribution in [0.5, 0.6) is 0 Å². The molecule has 0 unspecified atom stereocenters. The van der Waals surface area contributed by atoms with Crippen LogP contribution in [-0.4, -0.2) is 11.0 Å². The second-order valence-electron chi connectivity index (χ2n) is 3.92. The molecular weight excluding hydrogens is 600 g/mol. The molecule has 109 valence electrons. The smallest absolute Gasteiger partial charge is 0.256 e. The molecule has 0 bridgehead atoms. The Bertz CT molecular complexity index is 709. The first-order valence-corrected chi connectivity index (χ1v) is 8.11. The van der Waals surface area contributed by atoms with Gasteiger partial charge in [0.25, 0.3) is 6.43 Å². The number of halogens is 5. The van der Waals surface area contributed by atoms with Gasteiger partial charge in [0.15, 0.2) is 0 Å². The number of rotatable bonds is 3. The first-order valence-electron chi connectivity index (χ1n) is 5.44. The fourth-order valence-corrected chi connectivity index (χ4v) is 3.40. The summed E-state index contributed by atoms with van der Waals surface area (Å²) in [5, 5.41) is 0. The Morgan fingerprint density at radius 2 is 2.00 bits per heavy atom. The van der Waals surface area contributed by atoms with Gasteiger partial charge in [0.2, 0.25) is 5.56 Å². The Balaban J connectivity index is 0.00000220. The maximum Gasteiger partial charge on any atom is 0.256 e. The molecule has 0 N–H and O–H groups in total. The van der Waals surface area contributed by atoms with E-state index in [0.717, 1.165) is 9.04 Å². The van der Waals surface area contributed by atoms with E-state index in [-0.39, 0.29) is 32.7 Å². The summed E-state index contributed by atoms with van der Waals surface area (Å²) in [6.07, 6.45) is -2.60. The average molecular weight is 607 g/mol. The molecular formula is C13H7Br2F2INOY-. The van der Waals surface area contributed by atoms with Crippen molar-refractivity contribution in [3.8, 4) is 11.3 Å². The van der Waals surface area contributed by atoms with Crippen LogP contribution in [0.3, 0.4) is 0 Å². The number of hydrogen-bond acceptors (Lipinski definition) is 1. The van der Waals surface area contributed by atoms with E-state index in [1.54, 1.807) is 18.2 Å². The van der Waals surface area contributed by atoms with Crippen LogP contribution in [0.1, 0.15) is 0 Å². The van der Waals surface area contributed by atoms with Crippen molar-refractivity contribution in [2.24, 2.45) is 0 Å². The molecule has 0 saturated carbocycles. The van der Waals surface area contributed by atoms with E-state index in [1.807, 2.05) is 22.6 Å². The normalized spacial score (nSPS) is 10.6. The van der Waals surface area contributed by atoms with E-state index in [9.17, 15) is 13.6 Å². The van der Waals surface area contributed by atoms with Gasteiger partial charge in [0, 0.05) is 37.2 Å². The molecule has 0 aliphatic rings. The Kier molecular flexibility index (Phi) is 8.15. The largest absolute Gasteiger partial charge is 0.336 e. The standard InChI is InChI=1S/C13H7Br2F2INO.Y/c14-7-1-2-8(9(15)5-7)11-4-3-10(18)13(20)19(11)6-12(16)17;/h1-3,5,12H,6H2;/q-1;. The minimum Gasteiger partial charge on any atom is -0.336 e. The third-order valence-electron chi connectivity index (χ3n) is 2.56. The van der Waals surface area contributed by atoms with Crippen molar-refractivity contribution in [3.63, 3.8) is 0 Å². The van der Waals surface area contributed by atoms with Crippen molar-refractivity contribution in [3.05, 3.63) is 53.2 Å². The van der Waals surface area contributed by atoms with Crippen LogP contribution in [0, 0.1) is 9.64 Å². The van der Waals surface area contributed by atoms with Gasteiger partial charge in [-0.15, -0.1) is 28.7 Å². The minimum atomic E-state index is -2.60. The third kappa shape index (κ3) is 4.90. The number of hydrogen-bond donors (Lipinski definition) is 0. The van der Waals surface area contributed by atoms with E-state index in [0.29, 0.717) is 19.3 Å². The molecule has 1 aromatic carbocycles.